The third-order valence-electron chi connectivity index (χ3n) is 3.37. The molecule has 4 atom stereocenters. The molecule has 0 bridgehead atoms. The minimum Gasteiger partial charge on any atom is -0.396 e. The van der Waals surface area contributed by atoms with Crippen molar-refractivity contribution in [2.75, 3.05) is 6.61 Å². The number of hydrogen-bond acceptors (Lipinski definition) is 2. The monoisotopic (exact) mass is 141 g/mol. The summed E-state index contributed by atoms with van der Waals surface area (Å²) in [5, 5.41) is 8.92. The summed E-state index contributed by atoms with van der Waals surface area (Å²) in [4.78, 5) is 0. The molecule has 2 heteroatoms. The molecule has 0 aromatic rings. The van der Waals surface area contributed by atoms with Crippen molar-refractivity contribution in [3.63, 3.8) is 0 Å². The number of nitrogens with two attached hydrogens (primary N) is 1. The molecule has 2 aliphatic rings. The van der Waals surface area contributed by atoms with Gasteiger partial charge in [0.15, 0.2) is 0 Å². The lowest BCUT2D eigenvalue weighted by Gasteiger charge is -2.46. The van der Waals surface area contributed by atoms with Gasteiger partial charge in [0, 0.05) is 18.6 Å². The van der Waals surface area contributed by atoms with Crippen LogP contribution in [0.5, 0.6) is 0 Å². The van der Waals surface area contributed by atoms with E-state index < -0.39 is 0 Å². The van der Waals surface area contributed by atoms with E-state index in [-0.39, 0.29) is 0 Å². The lowest BCUT2D eigenvalue weighted by atomic mass is 9.63. The Kier molecular flexibility index (Phi) is 1.46. The summed E-state index contributed by atoms with van der Waals surface area (Å²) in [7, 11) is 0. The molecule has 2 aliphatic carbocycles. The molecule has 58 valence electrons. The zero-order valence-electron chi connectivity index (χ0n) is 6.16. The molecular weight excluding hydrogens is 126 g/mol. The number of rotatable bonds is 1. The van der Waals surface area contributed by atoms with E-state index in [0.717, 1.165) is 11.8 Å². The van der Waals surface area contributed by atoms with Gasteiger partial charge in [0.25, 0.3) is 0 Å². The van der Waals surface area contributed by atoms with Crippen molar-refractivity contribution in [1.29, 1.82) is 0 Å². The van der Waals surface area contributed by atoms with E-state index in [1.165, 1.54) is 19.3 Å². The van der Waals surface area contributed by atoms with Gasteiger partial charge >= 0.3 is 0 Å². The Labute approximate surface area is 61.4 Å². The van der Waals surface area contributed by atoms with Crippen molar-refractivity contribution in [2.45, 2.75) is 25.3 Å². The molecule has 3 N–H and O–H groups in total. The predicted molar refractivity (Wildman–Crippen MR) is 39.4 cm³/mol. The largest absolute Gasteiger partial charge is 0.396 e. The first-order chi connectivity index (χ1) is 4.84. The maximum Gasteiger partial charge on any atom is 0.0476 e. The molecule has 10 heavy (non-hydrogen) atoms. The Morgan fingerprint density at radius 2 is 2.00 bits per heavy atom. The molecule has 2 nitrogen and oxygen atoms in total. The highest BCUT2D eigenvalue weighted by Crippen LogP contribution is 2.49. The van der Waals surface area contributed by atoms with E-state index in [4.69, 9.17) is 10.8 Å². The van der Waals surface area contributed by atoms with Crippen molar-refractivity contribution >= 4 is 0 Å². The summed E-state index contributed by atoms with van der Waals surface area (Å²) >= 11 is 0. The van der Waals surface area contributed by atoms with Crippen molar-refractivity contribution in [3.8, 4) is 0 Å². The van der Waals surface area contributed by atoms with E-state index in [2.05, 4.69) is 0 Å². The molecule has 0 amide bonds. The summed E-state index contributed by atoms with van der Waals surface area (Å²) in [6.45, 7) is 0.308. The van der Waals surface area contributed by atoms with Gasteiger partial charge in [-0.1, -0.05) is 6.42 Å². The number of hydrogen-bond donors (Lipinski definition) is 2. The molecule has 0 aromatic carbocycles. The Hall–Kier alpha value is -0.0800. The summed E-state index contributed by atoms with van der Waals surface area (Å²) in [5.74, 6) is 1.98. The van der Waals surface area contributed by atoms with Crippen LogP contribution in [0.15, 0.2) is 0 Å². The fraction of sp³-hybridized carbons (Fsp3) is 1.00. The predicted octanol–water partition coefficient (Wildman–Crippen LogP) is 0.352. The molecule has 0 aromatic heterocycles. The van der Waals surface area contributed by atoms with Gasteiger partial charge in [-0.2, -0.15) is 0 Å². The molecule has 2 saturated carbocycles. The standard InChI is InChI=1S/C8H15NO/c9-8-6-3-1-2-5(6)7(8)4-10/h5-8,10H,1-4,9H2/t5-,6+,7-,8-/m1/s1. The summed E-state index contributed by atoms with van der Waals surface area (Å²) in [6.07, 6.45) is 3.95. The highest BCUT2D eigenvalue weighted by Gasteiger charge is 2.49. The van der Waals surface area contributed by atoms with Crippen LogP contribution >= 0.6 is 0 Å². The lowest BCUT2D eigenvalue weighted by molar-refractivity contribution is 0.0170. The van der Waals surface area contributed by atoms with Crippen molar-refractivity contribution < 1.29 is 5.11 Å². The second kappa shape index (κ2) is 2.21. The number of aliphatic hydroxyl groups is 1. The normalized spacial score (nSPS) is 52.2. The highest BCUT2D eigenvalue weighted by molar-refractivity contribution is 5.02. The second-order valence-electron chi connectivity index (χ2n) is 3.68. The van der Waals surface area contributed by atoms with Crippen LogP contribution in [0.2, 0.25) is 0 Å². The van der Waals surface area contributed by atoms with Gasteiger partial charge in [-0.25, -0.2) is 0 Å². The topological polar surface area (TPSA) is 46.2 Å². The zero-order valence-corrected chi connectivity index (χ0v) is 6.16. The molecule has 0 spiro atoms. The Balaban J connectivity index is 2.01. The van der Waals surface area contributed by atoms with E-state index in [1.807, 2.05) is 0 Å². The van der Waals surface area contributed by atoms with Crippen LogP contribution in [-0.4, -0.2) is 17.8 Å². The van der Waals surface area contributed by atoms with Crippen LogP contribution in [0.1, 0.15) is 19.3 Å². The lowest BCUT2D eigenvalue weighted by Crippen LogP contribution is -2.55. The fourth-order valence-electron chi connectivity index (χ4n) is 2.74. The van der Waals surface area contributed by atoms with Crippen LogP contribution in [0.4, 0.5) is 0 Å². The Morgan fingerprint density at radius 3 is 2.70 bits per heavy atom. The van der Waals surface area contributed by atoms with Gasteiger partial charge in [0.2, 0.25) is 0 Å². The molecular formula is C8H15NO. The second-order valence-corrected chi connectivity index (χ2v) is 3.68. The highest BCUT2D eigenvalue weighted by atomic mass is 16.3. The van der Waals surface area contributed by atoms with E-state index in [0.29, 0.717) is 18.6 Å². The van der Waals surface area contributed by atoms with Gasteiger partial charge < -0.3 is 10.8 Å². The average Bonchev–Trinajstić information content (AvgIpc) is 2.33. The number of fused-ring (bicyclic) bond motifs is 1. The van der Waals surface area contributed by atoms with E-state index >= 15 is 0 Å². The van der Waals surface area contributed by atoms with Gasteiger partial charge in [-0.05, 0) is 24.7 Å². The molecule has 2 fully saturated rings. The van der Waals surface area contributed by atoms with Gasteiger partial charge in [-0.15, -0.1) is 0 Å². The molecule has 0 saturated heterocycles. The maximum absolute atomic E-state index is 8.92. The van der Waals surface area contributed by atoms with E-state index in [1.54, 1.807) is 0 Å². The minimum atomic E-state index is 0.308. The van der Waals surface area contributed by atoms with E-state index in [9.17, 15) is 0 Å². The third-order valence-corrected chi connectivity index (χ3v) is 3.37. The zero-order chi connectivity index (χ0) is 7.14. The first-order valence-corrected chi connectivity index (χ1v) is 4.21. The van der Waals surface area contributed by atoms with Gasteiger partial charge in [0.05, 0.1) is 0 Å². The van der Waals surface area contributed by atoms with Crippen LogP contribution in [0.3, 0.4) is 0 Å². The fourth-order valence-corrected chi connectivity index (χ4v) is 2.74. The molecule has 0 aliphatic heterocycles. The Bertz CT molecular complexity index is 137. The molecule has 0 unspecified atom stereocenters. The summed E-state index contributed by atoms with van der Waals surface area (Å²) in [5.41, 5.74) is 5.86. The first-order valence-electron chi connectivity index (χ1n) is 4.21. The van der Waals surface area contributed by atoms with Crippen molar-refractivity contribution in [3.05, 3.63) is 0 Å². The summed E-state index contributed by atoms with van der Waals surface area (Å²) in [6, 6.07) is 0.317. The van der Waals surface area contributed by atoms with Gasteiger partial charge in [-0.3, -0.25) is 0 Å². The molecule has 0 heterocycles. The first kappa shape index (κ1) is 6.62. The smallest absolute Gasteiger partial charge is 0.0476 e. The molecule has 0 radical (unpaired) electrons. The van der Waals surface area contributed by atoms with Crippen molar-refractivity contribution in [1.82, 2.24) is 0 Å². The van der Waals surface area contributed by atoms with Crippen LogP contribution in [0.25, 0.3) is 0 Å². The third kappa shape index (κ3) is 0.663. The van der Waals surface area contributed by atoms with Crippen LogP contribution in [0, 0.1) is 17.8 Å². The maximum atomic E-state index is 8.92. The minimum absolute atomic E-state index is 0.308. The van der Waals surface area contributed by atoms with Crippen molar-refractivity contribution in [2.24, 2.45) is 23.5 Å². The SMILES string of the molecule is N[C@@H]1[C@H]2CCC[C@H]2[C@H]1CO. The molecule has 2 rings (SSSR count). The Morgan fingerprint density at radius 1 is 1.30 bits per heavy atom. The van der Waals surface area contributed by atoms with Crippen LogP contribution < -0.4 is 5.73 Å². The quantitative estimate of drug-likeness (QED) is 0.553. The average molecular weight is 141 g/mol. The summed E-state index contributed by atoms with van der Waals surface area (Å²) < 4.78 is 0. The number of aliphatic hydroxyl groups excluding tert-OH is 1. The van der Waals surface area contributed by atoms with Gasteiger partial charge in [0.1, 0.15) is 0 Å². The van der Waals surface area contributed by atoms with Crippen LogP contribution in [-0.2, 0) is 0 Å².